The van der Waals surface area contributed by atoms with Crippen molar-refractivity contribution in [2.24, 2.45) is 5.41 Å². The van der Waals surface area contributed by atoms with Crippen molar-refractivity contribution in [3.8, 4) is 0 Å². The molecule has 0 saturated heterocycles. The Kier molecular flexibility index (Phi) is 4.84. The summed E-state index contributed by atoms with van der Waals surface area (Å²) < 4.78 is 4.57. The largest absolute Gasteiger partial charge is 0.464 e. The van der Waals surface area contributed by atoms with Crippen LogP contribution in [0.5, 0.6) is 0 Å². The van der Waals surface area contributed by atoms with Gasteiger partial charge in [-0.3, -0.25) is 4.79 Å². The molecular formula is C12H18N2O3S. The van der Waals surface area contributed by atoms with E-state index in [4.69, 9.17) is 0 Å². The quantitative estimate of drug-likeness (QED) is 0.844. The molecule has 0 saturated carbocycles. The molecule has 1 heterocycles. The van der Waals surface area contributed by atoms with Gasteiger partial charge in [-0.05, 0) is 0 Å². The van der Waals surface area contributed by atoms with E-state index >= 15 is 0 Å². The third-order valence-corrected chi connectivity index (χ3v) is 3.16. The standard InChI is InChI=1S/C12H18N2O3S/c1-12(2,3)11(16)13-6-5-9-14-8(7-18-9)10(15)17-4/h7H,5-6H2,1-4H3,(H,13,16). The molecule has 0 unspecified atom stereocenters. The van der Waals surface area contributed by atoms with E-state index in [2.05, 4.69) is 15.0 Å². The Morgan fingerprint density at radius 3 is 2.67 bits per heavy atom. The van der Waals surface area contributed by atoms with Gasteiger partial charge in [0, 0.05) is 23.8 Å². The van der Waals surface area contributed by atoms with Crippen LogP contribution in [0.3, 0.4) is 0 Å². The van der Waals surface area contributed by atoms with Gasteiger partial charge in [0.05, 0.1) is 12.1 Å². The van der Waals surface area contributed by atoms with Crippen LogP contribution in [0.1, 0.15) is 36.3 Å². The normalized spacial score (nSPS) is 11.1. The summed E-state index contributed by atoms with van der Waals surface area (Å²) in [6.07, 6.45) is 0.615. The van der Waals surface area contributed by atoms with Crippen LogP contribution < -0.4 is 5.32 Å². The molecule has 1 amide bonds. The van der Waals surface area contributed by atoms with Gasteiger partial charge in [-0.15, -0.1) is 11.3 Å². The number of nitrogens with one attached hydrogen (secondary N) is 1. The lowest BCUT2D eigenvalue weighted by molar-refractivity contribution is -0.128. The number of ether oxygens (including phenoxy) is 1. The smallest absolute Gasteiger partial charge is 0.357 e. The first-order valence-corrected chi connectivity index (χ1v) is 6.53. The van der Waals surface area contributed by atoms with E-state index < -0.39 is 5.97 Å². The number of amides is 1. The number of hydrogen-bond acceptors (Lipinski definition) is 5. The molecule has 0 atom stereocenters. The van der Waals surface area contributed by atoms with E-state index in [1.54, 1.807) is 5.38 Å². The molecule has 0 aliphatic carbocycles. The van der Waals surface area contributed by atoms with Crippen LogP contribution in [0.4, 0.5) is 0 Å². The SMILES string of the molecule is COC(=O)c1csc(CCNC(=O)C(C)(C)C)n1. The molecule has 18 heavy (non-hydrogen) atoms. The maximum absolute atomic E-state index is 11.6. The van der Waals surface area contributed by atoms with E-state index in [9.17, 15) is 9.59 Å². The molecule has 100 valence electrons. The van der Waals surface area contributed by atoms with E-state index in [1.165, 1.54) is 18.4 Å². The summed E-state index contributed by atoms with van der Waals surface area (Å²) in [6, 6.07) is 0. The highest BCUT2D eigenvalue weighted by Crippen LogP contribution is 2.13. The minimum absolute atomic E-state index is 0.00671. The van der Waals surface area contributed by atoms with E-state index in [0.29, 0.717) is 18.7 Å². The Bertz CT molecular complexity index is 435. The van der Waals surface area contributed by atoms with Crippen LogP contribution in [-0.2, 0) is 16.0 Å². The number of carbonyl (C=O) groups is 2. The summed E-state index contributed by atoms with van der Waals surface area (Å²) >= 11 is 1.39. The third-order valence-electron chi connectivity index (χ3n) is 2.25. The maximum atomic E-state index is 11.6. The Morgan fingerprint density at radius 1 is 1.44 bits per heavy atom. The fraction of sp³-hybridized carbons (Fsp3) is 0.583. The maximum Gasteiger partial charge on any atom is 0.357 e. The molecule has 1 aromatic heterocycles. The van der Waals surface area contributed by atoms with Gasteiger partial charge < -0.3 is 10.1 Å². The van der Waals surface area contributed by atoms with Gasteiger partial charge in [0.25, 0.3) is 0 Å². The predicted molar refractivity (Wildman–Crippen MR) is 69.6 cm³/mol. The van der Waals surface area contributed by atoms with E-state index in [1.807, 2.05) is 20.8 Å². The zero-order chi connectivity index (χ0) is 13.8. The van der Waals surface area contributed by atoms with Crippen molar-refractivity contribution in [2.75, 3.05) is 13.7 Å². The molecule has 1 N–H and O–H groups in total. The monoisotopic (exact) mass is 270 g/mol. The number of carbonyl (C=O) groups excluding carboxylic acids is 2. The zero-order valence-corrected chi connectivity index (χ0v) is 11.9. The van der Waals surface area contributed by atoms with Crippen LogP contribution in [-0.4, -0.2) is 30.5 Å². The van der Waals surface area contributed by atoms with Gasteiger partial charge in [-0.2, -0.15) is 0 Å². The number of thiazole rings is 1. The third kappa shape index (κ3) is 4.10. The second-order valence-electron chi connectivity index (χ2n) is 4.87. The molecule has 0 radical (unpaired) electrons. The lowest BCUT2D eigenvalue weighted by Crippen LogP contribution is -2.35. The Balaban J connectivity index is 2.43. The number of aromatic nitrogens is 1. The molecule has 0 bridgehead atoms. The van der Waals surface area contributed by atoms with Crippen LogP contribution in [0.15, 0.2) is 5.38 Å². The summed E-state index contributed by atoms with van der Waals surface area (Å²) in [5.41, 5.74) is -0.0697. The number of methoxy groups -OCH3 is 1. The topological polar surface area (TPSA) is 68.3 Å². The minimum atomic E-state index is -0.434. The highest BCUT2D eigenvalue weighted by molar-refractivity contribution is 7.09. The van der Waals surface area contributed by atoms with Gasteiger partial charge >= 0.3 is 5.97 Å². The fourth-order valence-electron chi connectivity index (χ4n) is 1.17. The number of hydrogen-bond donors (Lipinski definition) is 1. The number of esters is 1. The molecule has 5 nitrogen and oxygen atoms in total. The number of rotatable bonds is 4. The zero-order valence-electron chi connectivity index (χ0n) is 11.1. The molecule has 0 aliphatic heterocycles. The lowest BCUT2D eigenvalue weighted by atomic mass is 9.96. The van der Waals surface area contributed by atoms with Crippen molar-refractivity contribution < 1.29 is 14.3 Å². The van der Waals surface area contributed by atoms with Gasteiger partial charge in [-0.25, -0.2) is 9.78 Å². The molecular weight excluding hydrogens is 252 g/mol. The first-order valence-electron chi connectivity index (χ1n) is 5.65. The van der Waals surface area contributed by atoms with Crippen molar-refractivity contribution in [1.82, 2.24) is 10.3 Å². The summed E-state index contributed by atoms with van der Waals surface area (Å²) in [4.78, 5) is 26.9. The summed E-state index contributed by atoms with van der Waals surface area (Å²) in [7, 11) is 1.32. The molecule has 0 aromatic carbocycles. The van der Waals surface area contributed by atoms with Crippen molar-refractivity contribution >= 4 is 23.2 Å². The summed E-state index contributed by atoms with van der Waals surface area (Å²) in [6.45, 7) is 6.10. The van der Waals surface area contributed by atoms with Crippen molar-refractivity contribution in [1.29, 1.82) is 0 Å². The van der Waals surface area contributed by atoms with E-state index in [-0.39, 0.29) is 11.3 Å². The minimum Gasteiger partial charge on any atom is -0.464 e. The summed E-state index contributed by atoms with van der Waals surface area (Å²) in [5, 5.41) is 5.30. The van der Waals surface area contributed by atoms with Gasteiger partial charge in [0.1, 0.15) is 0 Å². The van der Waals surface area contributed by atoms with E-state index in [0.717, 1.165) is 5.01 Å². The van der Waals surface area contributed by atoms with Gasteiger partial charge in [-0.1, -0.05) is 20.8 Å². The summed E-state index contributed by atoms with van der Waals surface area (Å²) in [5.74, 6) is -0.427. The van der Waals surface area contributed by atoms with Crippen molar-refractivity contribution in [3.05, 3.63) is 16.1 Å². The first-order chi connectivity index (χ1) is 8.34. The molecule has 1 rings (SSSR count). The highest BCUT2D eigenvalue weighted by atomic mass is 32.1. The highest BCUT2D eigenvalue weighted by Gasteiger charge is 2.20. The Hall–Kier alpha value is -1.43. The Labute approximate surface area is 111 Å². The Morgan fingerprint density at radius 2 is 2.11 bits per heavy atom. The van der Waals surface area contributed by atoms with Crippen molar-refractivity contribution in [3.63, 3.8) is 0 Å². The molecule has 6 heteroatoms. The molecule has 0 aliphatic rings. The van der Waals surface area contributed by atoms with Gasteiger partial charge in [0.15, 0.2) is 5.69 Å². The molecule has 1 aromatic rings. The first kappa shape index (κ1) is 14.6. The lowest BCUT2D eigenvalue weighted by Gasteiger charge is -2.17. The van der Waals surface area contributed by atoms with Crippen LogP contribution in [0.2, 0.25) is 0 Å². The second-order valence-corrected chi connectivity index (χ2v) is 5.82. The van der Waals surface area contributed by atoms with Gasteiger partial charge in [0.2, 0.25) is 5.91 Å². The van der Waals surface area contributed by atoms with Crippen LogP contribution >= 0.6 is 11.3 Å². The average Bonchev–Trinajstić information content (AvgIpc) is 2.75. The number of nitrogens with zero attached hydrogens (tertiary/aromatic N) is 1. The van der Waals surface area contributed by atoms with Crippen LogP contribution in [0.25, 0.3) is 0 Å². The van der Waals surface area contributed by atoms with Crippen molar-refractivity contribution in [2.45, 2.75) is 27.2 Å². The second kappa shape index (κ2) is 5.95. The average molecular weight is 270 g/mol. The molecule has 0 fully saturated rings. The molecule has 0 spiro atoms. The fourth-order valence-corrected chi connectivity index (χ4v) is 1.94. The van der Waals surface area contributed by atoms with Crippen LogP contribution in [0, 0.1) is 5.41 Å². The predicted octanol–water partition coefficient (Wildman–Crippen LogP) is 1.63.